The molecule has 0 bridgehead atoms. The molecule has 0 aliphatic carbocycles. The number of rotatable bonds is 6. The maximum absolute atomic E-state index is 12.2. The Hall–Kier alpha value is -2.86. The number of carbonyl (C=O) groups is 1. The lowest BCUT2D eigenvalue weighted by Gasteiger charge is -2.08. The summed E-state index contributed by atoms with van der Waals surface area (Å²) in [4.78, 5) is 16.8. The van der Waals surface area contributed by atoms with Crippen LogP contribution in [0.5, 0.6) is 11.5 Å². The zero-order valence-electron chi connectivity index (χ0n) is 14.9. The molecule has 1 N–H and O–H groups in total. The number of ether oxygens (including phenoxy) is 2. The van der Waals surface area contributed by atoms with Crippen LogP contribution < -0.4 is 14.8 Å². The minimum absolute atomic E-state index is 0.0866. The number of anilines is 1. The van der Waals surface area contributed by atoms with Gasteiger partial charge in [-0.2, -0.15) is 0 Å². The third kappa shape index (κ3) is 4.21. The summed E-state index contributed by atoms with van der Waals surface area (Å²) in [7, 11) is 3.22. The van der Waals surface area contributed by atoms with E-state index >= 15 is 0 Å². The Balaban J connectivity index is 1.71. The summed E-state index contributed by atoms with van der Waals surface area (Å²) >= 11 is 1.46. The van der Waals surface area contributed by atoms with E-state index in [-0.39, 0.29) is 12.3 Å². The van der Waals surface area contributed by atoms with E-state index < -0.39 is 0 Å². The highest BCUT2D eigenvalue weighted by atomic mass is 32.1. The van der Waals surface area contributed by atoms with Gasteiger partial charge in [-0.1, -0.05) is 17.7 Å². The van der Waals surface area contributed by atoms with Crippen molar-refractivity contribution in [3.05, 3.63) is 58.4 Å². The van der Waals surface area contributed by atoms with Gasteiger partial charge in [-0.3, -0.25) is 4.79 Å². The van der Waals surface area contributed by atoms with Crippen LogP contribution in [0.15, 0.2) is 47.8 Å². The Morgan fingerprint density at radius 3 is 2.58 bits per heavy atom. The number of aryl methyl sites for hydroxylation is 1. The van der Waals surface area contributed by atoms with Crippen molar-refractivity contribution in [3.63, 3.8) is 0 Å². The number of benzene rings is 2. The fraction of sp³-hybridized carbons (Fsp3) is 0.200. The van der Waals surface area contributed by atoms with Gasteiger partial charge in [0.25, 0.3) is 0 Å². The van der Waals surface area contributed by atoms with Gasteiger partial charge in [0, 0.05) is 22.7 Å². The van der Waals surface area contributed by atoms with Gasteiger partial charge in [-0.05, 0) is 31.2 Å². The van der Waals surface area contributed by atoms with E-state index in [4.69, 9.17) is 9.47 Å². The molecule has 0 unspecified atom stereocenters. The molecule has 5 nitrogen and oxygen atoms in total. The molecule has 0 atom stereocenters. The number of methoxy groups -OCH3 is 2. The van der Waals surface area contributed by atoms with Gasteiger partial charge in [0.1, 0.15) is 16.5 Å². The summed E-state index contributed by atoms with van der Waals surface area (Å²) in [5.74, 6) is 1.32. The number of hydrogen-bond acceptors (Lipinski definition) is 5. The molecule has 2 aromatic carbocycles. The average molecular weight is 368 g/mol. The van der Waals surface area contributed by atoms with E-state index in [0.29, 0.717) is 5.75 Å². The summed E-state index contributed by atoms with van der Waals surface area (Å²) in [6.45, 7) is 2.01. The minimum Gasteiger partial charge on any atom is -0.497 e. The molecule has 1 heterocycles. The molecule has 0 saturated carbocycles. The van der Waals surface area contributed by atoms with Crippen LogP contribution in [0.25, 0.3) is 11.3 Å². The highest BCUT2D eigenvalue weighted by molar-refractivity contribution is 7.10. The standard InChI is InChI=1S/C20H20N2O3S/c1-13-4-6-14(7-5-13)21-19(23)11-20-22-17(12-26-20)16-9-8-15(24-2)10-18(16)25-3/h4-10,12H,11H2,1-3H3,(H,21,23). The highest BCUT2D eigenvalue weighted by Gasteiger charge is 2.13. The first-order chi connectivity index (χ1) is 12.6. The summed E-state index contributed by atoms with van der Waals surface area (Å²) in [5.41, 5.74) is 3.59. The van der Waals surface area contributed by atoms with Crippen molar-refractivity contribution in [2.45, 2.75) is 13.3 Å². The number of thiazole rings is 1. The fourth-order valence-corrected chi connectivity index (χ4v) is 3.30. The summed E-state index contributed by atoms with van der Waals surface area (Å²) in [6, 6.07) is 13.3. The molecule has 3 aromatic rings. The molecule has 0 fully saturated rings. The van der Waals surface area contributed by atoms with Crippen LogP contribution in [0.3, 0.4) is 0 Å². The smallest absolute Gasteiger partial charge is 0.231 e. The lowest BCUT2D eigenvalue weighted by Crippen LogP contribution is -2.14. The maximum Gasteiger partial charge on any atom is 0.231 e. The van der Waals surface area contributed by atoms with Crippen molar-refractivity contribution in [1.29, 1.82) is 0 Å². The van der Waals surface area contributed by atoms with E-state index in [2.05, 4.69) is 10.3 Å². The molecular weight excluding hydrogens is 348 g/mol. The number of nitrogens with one attached hydrogen (secondary N) is 1. The van der Waals surface area contributed by atoms with Crippen LogP contribution in [0, 0.1) is 6.92 Å². The third-order valence-corrected chi connectivity index (χ3v) is 4.73. The average Bonchev–Trinajstić information content (AvgIpc) is 3.11. The van der Waals surface area contributed by atoms with Gasteiger partial charge in [-0.15, -0.1) is 11.3 Å². The van der Waals surface area contributed by atoms with Gasteiger partial charge in [0.2, 0.25) is 5.91 Å². The quantitative estimate of drug-likeness (QED) is 0.704. The summed E-state index contributed by atoms with van der Waals surface area (Å²) < 4.78 is 10.6. The van der Waals surface area contributed by atoms with E-state index in [9.17, 15) is 4.79 Å². The molecule has 134 valence electrons. The molecule has 0 aliphatic rings. The Morgan fingerprint density at radius 2 is 1.88 bits per heavy atom. The topological polar surface area (TPSA) is 60.5 Å². The molecule has 26 heavy (non-hydrogen) atoms. The van der Waals surface area contributed by atoms with Gasteiger partial charge in [0.15, 0.2) is 0 Å². The number of aromatic nitrogens is 1. The molecule has 6 heteroatoms. The second-order valence-electron chi connectivity index (χ2n) is 5.78. The molecule has 1 aromatic heterocycles. The largest absolute Gasteiger partial charge is 0.497 e. The predicted molar refractivity (Wildman–Crippen MR) is 104 cm³/mol. The lowest BCUT2D eigenvalue weighted by atomic mass is 10.1. The second kappa shape index (κ2) is 8.01. The van der Waals surface area contributed by atoms with E-state index in [1.165, 1.54) is 11.3 Å². The van der Waals surface area contributed by atoms with E-state index in [1.807, 2.05) is 54.8 Å². The molecule has 0 spiro atoms. The Morgan fingerprint density at radius 1 is 1.12 bits per heavy atom. The van der Waals surface area contributed by atoms with Crippen LogP contribution >= 0.6 is 11.3 Å². The zero-order chi connectivity index (χ0) is 18.5. The Kier molecular flexibility index (Phi) is 5.53. The Bertz CT molecular complexity index is 904. The zero-order valence-corrected chi connectivity index (χ0v) is 15.7. The van der Waals surface area contributed by atoms with Gasteiger partial charge in [0.05, 0.1) is 26.3 Å². The van der Waals surface area contributed by atoms with Crippen molar-refractivity contribution in [1.82, 2.24) is 4.98 Å². The number of nitrogens with zero attached hydrogens (tertiary/aromatic N) is 1. The van der Waals surface area contributed by atoms with Crippen molar-refractivity contribution in [2.24, 2.45) is 0 Å². The van der Waals surface area contributed by atoms with Crippen LogP contribution in [-0.2, 0) is 11.2 Å². The Labute approximate surface area is 156 Å². The lowest BCUT2D eigenvalue weighted by molar-refractivity contribution is -0.115. The predicted octanol–water partition coefficient (Wildman–Crippen LogP) is 4.32. The van der Waals surface area contributed by atoms with Crippen LogP contribution in [0.4, 0.5) is 5.69 Å². The van der Waals surface area contributed by atoms with Crippen molar-refractivity contribution < 1.29 is 14.3 Å². The number of amides is 1. The normalized spacial score (nSPS) is 10.4. The van der Waals surface area contributed by atoms with Crippen molar-refractivity contribution in [3.8, 4) is 22.8 Å². The third-order valence-electron chi connectivity index (χ3n) is 3.88. The van der Waals surface area contributed by atoms with Crippen LogP contribution in [0.2, 0.25) is 0 Å². The monoisotopic (exact) mass is 368 g/mol. The summed E-state index contributed by atoms with van der Waals surface area (Å²) in [5, 5.41) is 5.57. The molecule has 0 saturated heterocycles. The minimum atomic E-state index is -0.0866. The fourth-order valence-electron chi connectivity index (χ4n) is 2.51. The number of carbonyl (C=O) groups excluding carboxylic acids is 1. The second-order valence-corrected chi connectivity index (χ2v) is 6.73. The molecule has 1 amide bonds. The summed E-state index contributed by atoms with van der Waals surface area (Å²) in [6.07, 6.45) is 0.233. The van der Waals surface area contributed by atoms with Gasteiger partial charge >= 0.3 is 0 Å². The van der Waals surface area contributed by atoms with Gasteiger partial charge < -0.3 is 14.8 Å². The number of hydrogen-bond donors (Lipinski definition) is 1. The highest BCUT2D eigenvalue weighted by Crippen LogP contribution is 2.33. The van der Waals surface area contributed by atoms with E-state index in [0.717, 1.165) is 33.3 Å². The van der Waals surface area contributed by atoms with Crippen LogP contribution in [0.1, 0.15) is 10.6 Å². The van der Waals surface area contributed by atoms with Crippen LogP contribution in [-0.4, -0.2) is 25.1 Å². The molecule has 0 radical (unpaired) electrons. The molecule has 0 aliphatic heterocycles. The first-order valence-corrected chi connectivity index (χ1v) is 9.00. The maximum atomic E-state index is 12.2. The van der Waals surface area contributed by atoms with Crippen molar-refractivity contribution in [2.75, 3.05) is 19.5 Å². The molecule has 3 rings (SSSR count). The van der Waals surface area contributed by atoms with E-state index in [1.54, 1.807) is 14.2 Å². The molecular formula is C20H20N2O3S. The van der Waals surface area contributed by atoms with Crippen molar-refractivity contribution >= 4 is 22.9 Å². The first kappa shape index (κ1) is 17.9. The first-order valence-electron chi connectivity index (χ1n) is 8.12. The van der Waals surface area contributed by atoms with Gasteiger partial charge in [-0.25, -0.2) is 4.98 Å². The SMILES string of the molecule is COc1ccc(-c2csc(CC(=O)Nc3ccc(C)cc3)n2)c(OC)c1.